The number of nitrogen functional groups attached to an aromatic ring is 1. The first-order valence-electron chi connectivity index (χ1n) is 8.70. The van der Waals surface area contributed by atoms with Gasteiger partial charge in [0.2, 0.25) is 5.91 Å². The molecule has 0 saturated carbocycles. The van der Waals surface area contributed by atoms with Crippen LogP contribution in [-0.4, -0.2) is 41.3 Å². The number of benzene rings is 2. The SMILES string of the molecule is COc1ccc(NC(=O)C2CCCN2C(=O)c2ccc(N)c([N+](=O)[O-])c2)cc1. The van der Waals surface area contributed by atoms with E-state index in [0.717, 1.165) is 6.07 Å². The van der Waals surface area contributed by atoms with Gasteiger partial charge in [-0.1, -0.05) is 0 Å². The zero-order valence-corrected chi connectivity index (χ0v) is 15.3. The second-order valence-corrected chi connectivity index (χ2v) is 6.41. The van der Waals surface area contributed by atoms with E-state index < -0.39 is 16.9 Å². The smallest absolute Gasteiger partial charge is 0.292 e. The summed E-state index contributed by atoms with van der Waals surface area (Å²) in [6, 6.07) is 10.1. The number of nitrogens with one attached hydrogen (secondary N) is 1. The Hall–Kier alpha value is -3.62. The van der Waals surface area contributed by atoms with Gasteiger partial charge < -0.3 is 20.7 Å². The number of carbonyl (C=O) groups excluding carboxylic acids is 2. The first-order valence-corrected chi connectivity index (χ1v) is 8.70. The fourth-order valence-corrected chi connectivity index (χ4v) is 3.18. The first kappa shape index (κ1) is 19.2. The summed E-state index contributed by atoms with van der Waals surface area (Å²) < 4.78 is 5.08. The van der Waals surface area contributed by atoms with Crippen LogP contribution in [0.5, 0.6) is 5.75 Å². The molecule has 2 amide bonds. The van der Waals surface area contributed by atoms with Gasteiger partial charge in [0.25, 0.3) is 11.6 Å². The Kier molecular flexibility index (Phi) is 5.44. The predicted octanol–water partition coefficient (Wildman–Crippen LogP) is 2.43. The Morgan fingerprint density at radius 3 is 2.61 bits per heavy atom. The van der Waals surface area contributed by atoms with Crippen LogP contribution in [0.15, 0.2) is 42.5 Å². The van der Waals surface area contributed by atoms with Gasteiger partial charge in [0.05, 0.1) is 12.0 Å². The zero-order valence-electron chi connectivity index (χ0n) is 15.3. The summed E-state index contributed by atoms with van der Waals surface area (Å²) in [4.78, 5) is 37.4. The van der Waals surface area contributed by atoms with Crippen molar-refractivity contribution in [1.29, 1.82) is 0 Å². The maximum Gasteiger partial charge on any atom is 0.292 e. The topological polar surface area (TPSA) is 128 Å². The zero-order chi connectivity index (χ0) is 20.3. The third kappa shape index (κ3) is 3.88. The molecule has 1 aliphatic heterocycles. The summed E-state index contributed by atoms with van der Waals surface area (Å²) in [7, 11) is 1.55. The Morgan fingerprint density at radius 2 is 1.96 bits per heavy atom. The van der Waals surface area contributed by atoms with Crippen molar-refractivity contribution in [2.75, 3.05) is 24.7 Å². The number of carbonyl (C=O) groups is 2. The lowest BCUT2D eigenvalue weighted by molar-refractivity contribution is -0.383. The number of ether oxygens (including phenoxy) is 1. The molecule has 0 aliphatic carbocycles. The molecular formula is C19H20N4O5. The lowest BCUT2D eigenvalue weighted by Crippen LogP contribution is -2.43. The van der Waals surface area contributed by atoms with Crippen LogP contribution >= 0.6 is 0 Å². The minimum Gasteiger partial charge on any atom is -0.497 e. The van der Waals surface area contributed by atoms with Crippen molar-refractivity contribution in [2.24, 2.45) is 0 Å². The van der Waals surface area contributed by atoms with Crippen molar-refractivity contribution in [3.05, 3.63) is 58.1 Å². The number of nitro benzene ring substituents is 1. The summed E-state index contributed by atoms with van der Waals surface area (Å²) in [6.45, 7) is 0.401. The highest BCUT2D eigenvalue weighted by Crippen LogP contribution is 2.26. The molecule has 28 heavy (non-hydrogen) atoms. The van der Waals surface area contributed by atoms with Gasteiger partial charge >= 0.3 is 0 Å². The van der Waals surface area contributed by atoms with E-state index in [4.69, 9.17) is 10.5 Å². The predicted molar refractivity (Wildman–Crippen MR) is 103 cm³/mol. The standard InChI is InChI=1S/C19H20N4O5/c1-28-14-7-5-13(6-8-14)21-18(24)16-3-2-10-22(16)19(25)12-4-9-15(20)17(11-12)23(26)27/h4-9,11,16H,2-3,10,20H2,1H3,(H,21,24). The highest BCUT2D eigenvalue weighted by Gasteiger charge is 2.35. The molecule has 0 spiro atoms. The van der Waals surface area contributed by atoms with Gasteiger partial charge in [-0.2, -0.15) is 0 Å². The molecule has 1 aliphatic rings. The molecule has 3 rings (SSSR count). The summed E-state index contributed by atoms with van der Waals surface area (Å²) in [5, 5.41) is 13.9. The quantitative estimate of drug-likeness (QED) is 0.463. The molecule has 3 N–H and O–H groups in total. The molecule has 2 aromatic rings. The Labute approximate surface area is 161 Å². The van der Waals surface area contributed by atoms with Gasteiger partial charge in [0.1, 0.15) is 17.5 Å². The summed E-state index contributed by atoms with van der Waals surface area (Å²) >= 11 is 0. The summed E-state index contributed by atoms with van der Waals surface area (Å²) in [6.07, 6.45) is 1.19. The fourth-order valence-electron chi connectivity index (χ4n) is 3.18. The van der Waals surface area contributed by atoms with Crippen molar-refractivity contribution >= 4 is 28.9 Å². The largest absolute Gasteiger partial charge is 0.497 e. The molecule has 2 aromatic carbocycles. The van der Waals surface area contributed by atoms with Crippen molar-refractivity contribution in [3.63, 3.8) is 0 Å². The van der Waals surface area contributed by atoms with Crippen molar-refractivity contribution in [1.82, 2.24) is 4.90 Å². The summed E-state index contributed by atoms with van der Waals surface area (Å²) in [5.41, 5.74) is 5.96. The molecule has 146 valence electrons. The first-order chi connectivity index (χ1) is 13.4. The average Bonchev–Trinajstić information content (AvgIpc) is 3.18. The number of nitrogens with zero attached hydrogens (tertiary/aromatic N) is 2. The van der Waals surface area contributed by atoms with E-state index in [9.17, 15) is 19.7 Å². The normalized spacial score (nSPS) is 15.9. The molecule has 1 saturated heterocycles. The van der Waals surface area contributed by atoms with Crippen LogP contribution < -0.4 is 15.8 Å². The fraction of sp³-hybridized carbons (Fsp3) is 0.263. The number of methoxy groups -OCH3 is 1. The molecule has 0 bridgehead atoms. The third-order valence-electron chi connectivity index (χ3n) is 4.65. The van der Waals surface area contributed by atoms with Gasteiger partial charge in [-0.25, -0.2) is 0 Å². The number of nitro groups is 1. The lowest BCUT2D eigenvalue weighted by Gasteiger charge is -2.24. The van der Waals surface area contributed by atoms with E-state index in [1.165, 1.54) is 17.0 Å². The molecule has 9 nitrogen and oxygen atoms in total. The van der Waals surface area contributed by atoms with Crippen LogP contribution in [0.3, 0.4) is 0 Å². The average molecular weight is 384 g/mol. The highest BCUT2D eigenvalue weighted by atomic mass is 16.6. The number of hydrogen-bond acceptors (Lipinski definition) is 6. The Morgan fingerprint density at radius 1 is 1.25 bits per heavy atom. The van der Waals surface area contributed by atoms with Crippen molar-refractivity contribution < 1.29 is 19.2 Å². The van der Waals surface area contributed by atoms with Crippen LogP contribution in [0.25, 0.3) is 0 Å². The molecule has 1 atom stereocenters. The van der Waals surface area contributed by atoms with Crippen LogP contribution in [-0.2, 0) is 4.79 Å². The molecule has 0 aromatic heterocycles. The number of hydrogen-bond donors (Lipinski definition) is 2. The number of likely N-dealkylation sites (tertiary alicyclic amines) is 1. The van der Waals surface area contributed by atoms with Crippen LogP contribution in [0.4, 0.5) is 17.1 Å². The summed E-state index contributed by atoms with van der Waals surface area (Å²) in [5.74, 6) is -0.0722. The molecule has 9 heteroatoms. The number of amides is 2. The lowest BCUT2D eigenvalue weighted by atomic mass is 10.1. The van der Waals surface area contributed by atoms with Crippen LogP contribution in [0.2, 0.25) is 0 Å². The van der Waals surface area contributed by atoms with Crippen molar-refractivity contribution in [2.45, 2.75) is 18.9 Å². The third-order valence-corrected chi connectivity index (χ3v) is 4.65. The van der Waals surface area contributed by atoms with E-state index in [2.05, 4.69) is 5.32 Å². The minimum absolute atomic E-state index is 0.0169. The van der Waals surface area contributed by atoms with E-state index in [0.29, 0.717) is 30.8 Å². The molecular weight excluding hydrogens is 364 g/mol. The number of anilines is 2. The molecule has 1 unspecified atom stereocenters. The highest BCUT2D eigenvalue weighted by molar-refractivity contribution is 6.02. The molecule has 1 fully saturated rings. The molecule has 0 radical (unpaired) electrons. The van der Waals surface area contributed by atoms with E-state index in [-0.39, 0.29) is 22.8 Å². The second kappa shape index (κ2) is 7.95. The van der Waals surface area contributed by atoms with Crippen LogP contribution in [0, 0.1) is 10.1 Å². The monoisotopic (exact) mass is 384 g/mol. The maximum atomic E-state index is 12.8. The number of nitrogens with two attached hydrogens (primary N) is 1. The van der Waals surface area contributed by atoms with E-state index in [1.807, 2.05) is 0 Å². The van der Waals surface area contributed by atoms with Crippen molar-refractivity contribution in [3.8, 4) is 5.75 Å². The van der Waals surface area contributed by atoms with Gasteiger partial charge in [0.15, 0.2) is 0 Å². The van der Waals surface area contributed by atoms with Gasteiger partial charge in [-0.15, -0.1) is 0 Å². The van der Waals surface area contributed by atoms with Gasteiger partial charge in [-0.3, -0.25) is 19.7 Å². The Balaban J connectivity index is 1.76. The van der Waals surface area contributed by atoms with Gasteiger partial charge in [-0.05, 0) is 49.2 Å². The second-order valence-electron chi connectivity index (χ2n) is 6.41. The molecule has 1 heterocycles. The maximum absolute atomic E-state index is 12.8. The van der Waals surface area contributed by atoms with E-state index in [1.54, 1.807) is 31.4 Å². The van der Waals surface area contributed by atoms with Gasteiger partial charge in [0, 0.05) is 23.9 Å². The number of rotatable bonds is 5. The Bertz CT molecular complexity index is 913. The van der Waals surface area contributed by atoms with E-state index >= 15 is 0 Å². The minimum atomic E-state index is -0.647. The van der Waals surface area contributed by atoms with Crippen LogP contribution in [0.1, 0.15) is 23.2 Å².